The third kappa shape index (κ3) is 2.81. The molecule has 0 bridgehead atoms. The summed E-state index contributed by atoms with van der Waals surface area (Å²) in [6, 6.07) is 7.62. The van der Waals surface area contributed by atoms with E-state index in [-0.39, 0.29) is 0 Å². The predicted molar refractivity (Wildman–Crippen MR) is 76.8 cm³/mol. The molecule has 2 heterocycles. The first-order valence-electron chi connectivity index (χ1n) is 6.69. The first kappa shape index (κ1) is 12.7. The van der Waals surface area contributed by atoms with Crippen molar-refractivity contribution in [2.24, 2.45) is 0 Å². The van der Waals surface area contributed by atoms with Crippen LogP contribution in [0.4, 0.5) is 11.6 Å². The zero-order chi connectivity index (χ0) is 13.8. The molecule has 2 N–H and O–H groups in total. The van der Waals surface area contributed by atoms with E-state index in [4.69, 9.17) is 11.2 Å². The summed E-state index contributed by atoms with van der Waals surface area (Å²) in [5.41, 5.74) is 1.72. The zero-order valence-electron chi connectivity index (χ0n) is 11.1. The number of hydrogen-bond acceptors (Lipinski definition) is 4. The fraction of sp³-hybridized carbons (Fsp3) is 0.333. The molecule has 1 aliphatic rings. The maximum absolute atomic E-state index is 5.39. The Bertz CT molecular complexity index is 623. The third-order valence-corrected chi connectivity index (χ3v) is 3.40. The van der Waals surface area contributed by atoms with Crippen LogP contribution in [0.1, 0.15) is 30.1 Å². The van der Waals surface area contributed by atoms with Gasteiger partial charge in [-0.2, -0.15) is 4.98 Å². The van der Waals surface area contributed by atoms with E-state index in [0.717, 1.165) is 43.1 Å². The molecule has 2 aromatic rings. The number of ether oxygens (including phenoxy) is 1. The number of nitrogens with zero attached hydrogens (tertiary/aromatic N) is 2. The van der Waals surface area contributed by atoms with Gasteiger partial charge in [-0.1, -0.05) is 12.0 Å². The molecule has 0 unspecified atom stereocenters. The van der Waals surface area contributed by atoms with E-state index in [2.05, 4.69) is 26.4 Å². The Morgan fingerprint density at radius 3 is 3.00 bits per heavy atom. The number of benzene rings is 1. The molecular formula is C15H16N4O. The van der Waals surface area contributed by atoms with Crippen LogP contribution in [-0.4, -0.2) is 28.4 Å². The minimum absolute atomic E-state index is 0.406. The molecule has 0 spiro atoms. The summed E-state index contributed by atoms with van der Waals surface area (Å²) >= 11 is 0. The van der Waals surface area contributed by atoms with Gasteiger partial charge in [-0.25, -0.2) is 0 Å². The average Bonchev–Trinajstić information content (AvgIpc) is 2.97. The van der Waals surface area contributed by atoms with Gasteiger partial charge in [-0.3, -0.25) is 5.10 Å². The first-order valence-corrected chi connectivity index (χ1v) is 6.69. The Hall–Kier alpha value is -2.32. The minimum Gasteiger partial charge on any atom is -0.381 e. The lowest BCUT2D eigenvalue weighted by Crippen LogP contribution is -2.15. The van der Waals surface area contributed by atoms with E-state index in [1.54, 1.807) is 0 Å². The lowest BCUT2D eigenvalue weighted by Gasteiger charge is -2.19. The number of aromatic nitrogens is 3. The van der Waals surface area contributed by atoms with Crippen molar-refractivity contribution in [1.29, 1.82) is 0 Å². The van der Waals surface area contributed by atoms with Gasteiger partial charge >= 0.3 is 0 Å². The molecular weight excluding hydrogens is 252 g/mol. The molecule has 0 saturated carbocycles. The summed E-state index contributed by atoms with van der Waals surface area (Å²) in [5.74, 6) is 4.50. The Morgan fingerprint density at radius 1 is 1.35 bits per heavy atom. The standard InChI is InChI=1S/C15H16N4O/c1-2-11-4-3-5-13(10-11)16-15-17-14(18-19-15)12-6-8-20-9-7-12/h1,3-5,10,12H,6-9H2,(H2,16,17,18,19). The van der Waals surface area contributed by atoms with E-state index in [0.29, 0.717) is 11.9 Å². The summed E-state index contributed by atoms with van der Waals surface area (Å²) < 4.78 is 5.35. The Labute approximate surface area is 117 Å². The molecule has 0 atom stereocenters. The SMILES string of the molecule is C#Cc1cccc(Nc2n[nH]c(C3CCOCC3)n2)c1. The number of terminal acetylenes is 1. The minimum atomic E-state index is 0.406. The number of anilines is 2. The number of hydrogen-bond donors (Lipinski definition) is 2. The van der Waals surface area contributed by atoms with Crippen molar-refractivity contribution in [3.8, 4) is 12.3 Å². The Kier molecular flexibility index (Phi) is 3.66. The van der Waals surface area contributed by atoms with Crippen LogP contribution in [-0.2, 0) is 4.74 Å². The van der Waals surface area contributed by atoms with Gasteiger partial charge in [-0.05, 0) is 31.0 Å². The highest BCUT2D eigenvalue weighted by atomic mass is 16.5. The third-order valence-electron chi connectivity index (χ3n) is 3.40. The first-order chi connectivity index (χ1) is 9.85. The van der Waals surface area contributed by atoms with Crippen LogP contribution in [0.2, 0.25) is 0 Å². The largest absolute Gasteiger partial charge is 0.381 e. The normalized spacial score (nSPS) is 15.8. The molecule has 1 aromatic carbocycles. The molecule has 5 nitrogen and oxygen atoms in total. The van der Waals surface area contributed by atoms with Crippen molar-refractivity contribution in [1.82, 2.24) is 15.2 Å². The zero-order valence-corrected chi connectivity index (χ0v) is 11.1. The van der Waals surface area contributed by atoms with Gasteiger partial charge < -0.3 is 10.1 Å². The van der Waals surface area contributed by atoms with Crippen molar-refractivity contribution in [3.05, 3.63) is 35.7 Å². The Morgan fingerprint density at radius 2 is 2.20 bits per heavy atom. The monoisotopic (exact) mass is 268 g/mol. The van der Waals surface area contributed by atoms with E-state index in [1.165, 1.54) is 0 Å². The van der Waals surface area contributed by atoms with Gasteiger partial charge in [0.25, 0.3) is 0 Å². The van der Waals surface area contributed by atoms with Crippen molar-refractivity contribution in [3.63, 3.8) is 0 Å². The van der Waals surface area contributed by atoms with Crippen LogP contribution in [0.3, 0.4) is 0 Å². The summed E-state index contributed by atoms with van der Waals surface area (Å²) in [7, 11) is 0. The van der Waals surface area contributed by atoms with Gasteiger partial charge in [0.15, 0.2) is 0 Å². The molecule has 1 saturated heterocycles. The number of rotatable bonds is 3. The summed E-state index contributed by atoms with van der Waals surface area (Å²) in [5, 5.41) is 10.4. The van der Waals surface area contributed by atoms with Crippen molar-refractivity contribution >= 4 is 11.6 Å². The fourth-order valence-electron chi connectivity index (χ4n) is 2.30. The number of H-pyrrole nitrogens is 1. The van der Waals surface area contributed by atoms with E-state index in [9.17, 15) is 0 Å². The average molecular weight is 268 g/mol. The van der Waals surface area contributed by atoms with E-state index in [1.807, 2.05) is 24.3 Å². The van der Waals surface area contributed by atoms with Gasteiger partial charge in [0.05, 0.1) is 0 Å². The van der Waals surface area contributed by atoms with Gasteiger partial charge in [0.2, 0.25) is 5.95 Å². The van der Waals surface area contributed by atoms with E-state index >= 15 is 0 Å². The molecule has 3 rings (SSSR count). The predicted octanol–water partition coefficient (Wildman–Crippen LogP) is 2.42. The molecule has 0 radical (unpaired) electrons. The van der Waals surface area contributed by atoms with Crippen molar-refractivity contribution in [2.75, 3.05) is 18.5 Å². The summed E-state index contributed by atoms with van der Waals surface area (Å²) in [4.78, 5) is 4.50. The number of nitrogens with one attached hydrogen (secondary N) is 2. The Balaban J connectivity index is 1.71. The highest BCUT2D eigenvalue weighted by Gasteiger charge is 2.19. The van der Waals surface area contributed by atoms with Gasteiger partial charge in [0, 0.05) is 30.4 Å². The van der Waals surface area contributed by atoms with Crippen LogP contribution in [0.5, 0.6) is 0 Å². The van der Waals surface area contributed by atoms with Crippen molar-refractivity contribution < 1.29 is 4.74 Å². The van der Waals surface area contributed by atoms with Crippen LogP contribution < -0.4 is 5.32 Å². The molecule has 0 amide bonds. The summed E-state index contributed by atoms with van der Waals surface area (Å²) in [6.07, 6.45) is 7.36. The molecule has 102 valence electrons. The molecule has 5 heteroatoms. The second-order valence-electron chi connectivity index (χ2n) is 4.78. The van der Waals surface area contributed by atoms with Crippen molar-refractivity contribution in [2.45, 2.75) is 18.8 Å². The van der Waals surface area contributed by atoms with Crippen LogP contribution >= 0.6 is 0 Å². The van der Waals surface area contributed by atoms with Crippen LogP contribution in [0, 0.1) is 12.3 Å². The fourth-order valence-corrected chi connectivity index (χ4v) is 2.30. The summed E-state index contributed by atoms with van der Waals surface area (Å²) in [6.45, 7) is 1.58. The maximum atomic E-state index is 5.39. The lowest BCUT2D eigenvalue weighted by atomic mass is 10.00. The quantitative estimate of drug-likeness (QED) is 0.839. The number of aromatic amines is 1. The molecule has 1 aromatic heterocycles. The second-order valence-corrected chi connectivity index (χ2v) is 4.78. The van der Waals surface area contributed by atoms with Crippen LogP contribution in [0.25, 0.3) is 0 Å². The highest BCUT2D eigenvalue weighted by Crippen LogP contribution is 2.25. The molecule has 1 fully saturated rings. The van der Waals surface area contributed by atoms with Gasteiger partial charge in [-0.15, -0.1) is 11.5 Å². The maximum Gasteiger partial charge on any atom is 0.246 e. The van der Waals surface area contributed by atoms with E-state index < -0.39 is 0 Å². The topological polar surface area (TPSA) is 62.8 Å². The highest BCUT2D eigenvalue weighted by molar-refractivity contribution is 5.56. The molecule has 0 aliphatic carbocycles. The van der Waals surface area contributed by atoms with Crippen LogP contribution in [0.15, 0.2) is 24.3 Å². The molecule has 1 aliphatic heterocycles. The smallest absolute Gasteiger partial charge is 0.246 e. The second kappa shape index (κ2) is 5.76. The molecule has 20 heavy (non-hydrogen) atoms. The van der Waals surface area contributed by atoms with Gasteiger partial charge in [0.1, 0.15) is 5.82 Å². The lowest BCUT2D eigenvalue weighted by molar-refractivity contribution is 0.0836.